The molecule has 4 aromatic rings. The van der Waals surface area contributed by atoms with Crippen molar-refractivity contribution in [3.05, 3.63) is 93.3 Å². The summed E-state index contributed by atoms with van der Waals surface area (Å²) < 4.78 is 16.2. The molecule has 8 heteroatoms. The molecule has 0 bridgehead atoms. The van der Waals surface area contributed by atoms with E-state index in [1.54, 1.807) is 22.8 Å². The number of hydrogen-bond donors (Lipinski definition) is 1. The number of nitrogens with zero attached hydrogens (tertiary/aromatic N) is 3. The Morgan fingerprint density at radius 2 is 1.79 bits per heavy atom. The quantitative estimate of drug-likeness (QED) is 0.453. The van der Waals surface area contributed by atoms with Crippen LogP contribution in [0.5, 0.6) is 0 Å². The van der Waals surface area contributed by atoms with Gasteiger partial charge < -0.3 is 10.2 Å². The predicted molar refractivity (Wildman–Crippen MR) is 133 cm³/mol. The van der Waals surface area contributed by atoms with Crippen LogP contribution >= 0.6 is 11.3 Å². The van der Waals surface area contributed by atoms with Crippen LogP contribution in [-0.4, -0.2) is 28.5 Å². The van der Waals surface area contributed by atoms with Crippen molar-refractivity contribution in [3.8, 4) is 0 Å². The Labute approximate surface area is 200 Å². The number of hydrogen-bond acceptors (Lipinski definition) is 5. The standard InChI is InChI=1S/C26H25FN4O2S/c27-21-9-5-4-8-20(21)16-28-24(32)19-10-13-30(14-11-19)26-29-22-12-15-34-23(22)25(33)31(26)17-18-6-2-1-3-7-18/h1-9,12,15,19H,10-11,13-14,16-17H2,(H,28,32). The third-order valence-electron chi connectivity index (χ3n) is 6.29. The van der Waals surface area contributed by atoms with Gasteiger partial charge >= 0.3 is 0 Å². The number of piperidine rings is 1. The number of thiophene rings is 1. The number of benzene rings is 2. The monoisotopic (exact) mass is 476 g/mol. The van der Waals surface area contributed by atoms with E-state index in [1.807, 2.05) is 41.8 Å². The summed E-state index contributed by atoms with van der Waals surface area (Å²) in [5, 5.41) is 4.76. The molecule has 2 aromatic carbocycles. The van der Waals surface area contributed by atoms with Gasteiger partial charge in [0, 0.05) is 31.1 Å². The summed E-state index contributed by atoms with van der Waals surface area (Å²) in [7, 11) is 0. The van der Waals surface area contributed by atoms with Crippen molar-refractivity contribution >= 4 is 33.4 Å². The molecule has 1 N–H and O–H groups in total. The number of anilines is 1. The highest BCUT2D eigenvalue weighted by atomic mass is 32.1. The molecule has 6 nitrogen and oxygen atoms in total. The van der Waals surface area contributed by atoms with Gasteiger partial charge in [0.15, 0.2) is 0 Å². The van der Waals surface area contributed by atoms with Crippen LogP contribution in [0.25, 0.3) is 10.2 Å². The Morgan fingerprint density at radius 3 is 2.56 bits per heavy atom. The van der Waals surface area contributed by atoms with E-state index in [0.29, 0.717) is 54.2 Å². The van der Waals surface area contributed by atoms with Crippen LogP contribution in [0.1, 0.15) is 24.0 Å². The van der Waals surface area contributed by atoms with Gasteiger partial charge in [-0.1, -0.05) is 48.5 Å². The molecule has 0 spiro atoms. The molecular formula is C26H25FN4O2S. The Morgan fingerprint density at radius 1 is 1.06 bits per heavy atom. The van der Waals surface area contributed by atoms with Gasteiger partial charge in [0.2, 0.25) is 11.9 Å². The van der Waals surface area contributed by atoms with Crippen LogP contribution in [0, 0.1) is 11.7 Å². The van der Waals surface area contributed by atoms with Gasteiger partial charge in [-0.2, -0.15) is 0 Å². The van der Waals surface area contributed by atoms with Crippen LogP contribution in [0.15, 0.2) is 70.8 Å². The molecule has 0 aliphatic carbocycles. The Hall–Kier alpha value is -3.52. The van der Waals surface area contributed by atoms with E-state index in [2.05, 4.69) is 10.2 Å². The lowest BCUT2D eigenvalue weighted by Gasteiger charge is -2.33. The normalized spacial score (nSPS) is 14.4. The lowest BCUT2D eigenvalue weighted by molar-refractivity contribution is -0.125. The molecular weight excluding hydrogens is 451 g/mol. The largest absolute Gasteiger partial charge is 0.352 e. The van der Waals surface area contributed by atoms with Crippen molar-refractivity contribution in [1.82, 2.24) is 14.9 Å². The van der Waals surface area contributed by atoms with E-state index < -0.39 is 0 Å². The Bertz CT molecular complexity index is 1360. The average molecular weight is 477 g/mol. The summed E-state index contributed by atoms with van der Waals surface area (Å²) in [5.74, 6) is 0.113. The van der Waals surface area contributed by atoms with Crippen molar-refractivity contribution in [1.29, 1.82) is 0 Å². The molecule has 1 saturated heterocycles. The molecule has 2 aromatic heterocycles. The SMILES string of the molecule is O=C(NCc1ccccc1F)C1CCN(c2nc3ccsc3c(=O)n2Cc2ccccc2)CC1. The van der Waals surface area contributed by atoms with E-state index in [9.17, 15) is 14.0 Å². The first-order chi connectivity index (χ1) is 16.6. The van der Waals surface area contributed by atoms with Crippen molar-refractivity contribution in [3.63, 3.8) is 0 Å². The average Bonchev–Trinajstić information content (AvgIpc) is 3.35. The van der Waals surface area contributed by atoms with Crippen molar-refractivity contribution in [2.75, 3.05) is 18.0 Å². The van der Waals surface area contributed by atoms with Gasteiger partial charge in [-0.3, -0.25) is 14.2 Å². The van der Waals surface area contributed by atoms with E-state index in [-0.39, 0.29) is 29.7 Å². The summed E-state index contributed by atoms with van der Waals surface area (Å²) in [4.78, 5) is 32.9. The highest BCUT2D eigenvalue weighted by Gasteiger charge is 2.28. The maximum atomic E-state index is 13.8. The zero-order chi connectivity index (χ0) is 23.5. The molecule has 0 saturated carbocycles. The lowest BCUT2D eigenvalue weighted by Crippen LogP contribution is -2.42. The summed E-state index contributed by atoms with van der Waals surface area (Å²) >= 11 is 1.41. The van der Waals surface area contributed by atoms with Crippen LogP contribution < -0.4 is 15.8 Å². The van der Waals surface area contributed by atoms with Crippen LogP contribution in [0.2, 0.25) is 0 Å². The highest BCUT2D eigenvalue weighted by molar-refractivity contribution is 7.17. The number of aromatic nitrogens is 2. The molecule has 1 aliphatic heterocycles. The zero-order valence-corrected chi connectivity index (χ0v) is 19.4. The number of halogens is 1. The fourth-order valence-electron chi connectivity index (χ4n) is 4.39. The van der Waals surface area contributed by atoms with E-state index in [0.717, 1.165) is 5.56 Å². The number of carbonyl (C=O) groups is 1. The molecule has 0 atom stereocenters. The molecule has 34 heavy (non-hydrogen) atoms. The fourth-order valence-corrected chi connectivity index (χ4v) is 5.17. The number of amides is 1. The smallest absolute Gasteiger partial charge is 0.273 e. The molecule has 3 heterocycles. The molecule has 1 fully saturated rings. The molecule has 1 amide bonds. The minimum absolute atomic E-state index is 0.0383. The highest BCUT2D eigenvalue weighted by Crippen LogP contribution is 2.25. The van der Waals surface area contributed by atoms with E-state index in [4.69, 9.17) is 4.98 Å². The van der Waals surface area contributed by atoms with Crippen LogP contribution in [0.3, 0.4) is 0 Å². The number of carbonyl (C=O) groups excluding carboxylic acids is 1. The maximum absolute atomic E-state index is 13.8. The lowest BCUT2D eigenvalue weighted by atomic mass is 9.96. The first-order valence-corrected chi connectivity index (χ1v) is 12.3. The minimum atomic E-state index is -0.316. The van der Waals surface area contributed by atoms with Crippen molar-refractivity contribution in [2.24, 2.45) is 5.92 Å². The molecule has 0 radical (unpaired) electrons. The molecule has 0 unspecified atom stereocenters. The topological polar surface area (TPSA) is 67.2 Å². The summed E-state index contributed by atoms with van der Waals surface area (Å²) in [6.07, 6.45) is 1.29. The third kappa shape index (κ3) is 4.59. The second kappa shape index (κ2) is 9.77. The van der Waals surface area contributed by atoms with Gasteiger partial charge in [0.05, 0.1) is 12.1 Å². The van der Waals surface area contributed by atoms with Gasteiger partial charge in [-0.05, 0) is 35.9 Å². The fraction of sp³-hybridized carbons (Fsp3) is 0.269. The Balaban J connectivity index is 1.31. The van der Waals surface area contributed by atoms with E-state index >= 15 is 0 Å². The second-order valence-electron chi connectivity index (χ2n) is 8.49. The van der Waals surface area contributed by atoms with Crippen molar-refractivity contribution < 1.29 is 9.18 Å². The van der Waals surface area contributed by atoms with Gasteiger partial charge in [-0.25, -0.2) is 9.37 Å². The maximum Gasteiger partial charge on any atom is 0.273 e. The summed E-state index contributed by atoms with van der Waals surface area (Å²) in [6.45, 7) is 1.86. The Kier molecular flexibility index (Phi) is 6.40. The first kappa shape index (κ1) is 22.3. The first-order valence-electron chi connectivity index (χ1n) is 11.4. The molecule has 1 aliphatic rings. The zero-order valence-electron chi connectivity index (χ0n) is 18.6. The van der Waals surface area contributed by atoms with E-state index in [1.165, 1.54) is 17.4 Å². The molecule has 5 rings (SSSR count). The minimum Gasteiger partial charge on any atom is -0.352 e. The van der Waals surface area contributed by atoms with Gasteiger partial charge in [0.25, 0.3) is 5.56 Å². The van der Waals surface area contributed by atoms with Gasteiger partial charge in [0.1, 0.15) is 10.5 Å². The van der Waals surface area contributed by atoms with Crippen LogP contribution in [0.4, 0.5) is 10.3 Å². The predicted octanol–water partition coefficient (Wildman–Crippen LogP) is 4.18. The van der Waals surface area contributed by atoms with Crippen LogP contribution in [-0.2, 0) is 17.9 Å². The summed E-state index contributed by atoms with van der Waals surface area (Å²) in [6, 6.07) is 18.2. The number of fused-ring (bicyclic) bond motifs is 1. The van der Waals surface area contributed by atoms with Crippen molar-refractivity contribution in [2.45, 2.75) is 25.9 Å². The third-order valence-corrected chi connectivity index (χ3v) is 7.18. The second-order valence-corrected chi connectivity index (χ2v) is 9.41. The number of nitrogens with one attached hydrogen (secondary N) is 1. The molecule has 174 valence electrons. The number of rotatable bonds is 6. The van der Waals surface area contributed by atoms with Gasteiger partial charge in [-0.15, -0.1) is 11.3 Å². The summed E-state index contributed by atoms with van der Waals surface area (Å²) in [5.41, 5.74) is 2.18.